The van der Waals surface area contributed by atoms with E-state index in [4.69, 9.17) is 15.3 Å². The van der Waals surface area contributed by atoms with Crippen molar-refractivity contribution in [1.29, 1.82) is 0 Å². The molecule has 3 N–H and O–H groups in total. The number of non-ortho nitro benzene ring substituents is 1. The Morgan fingerprint density at radius 2 is 1.06 bits per heavy atom. The molecule has 0 atom stereocenters. The summed E-state index contributed by atoms with van der Waals surface area (Å²) in [7, 11) is 0. The molecular weight excluding hydrogens is 695 g/mol. The van der Waals surface area contributed by atoms with Crippen LogP contribution in [0.25, 0.3) is 0 Å². The summed E-state index contributed by atoms with van der Waals surface area (Å²) in [4.78, 5) is 49.8. The van der Waals surface area contributed by atoms with Gasteiger partial charge >= 0.3 is 36.4 Å². The van der Waals surface area contributed by atoms with Gasteiger partial charge in [0.15, 0.2) is 0 Å². The lowest BCUT2D eigenvalue weighted by molar-refractivity contribution is -0.388. The molecule has 3 aromatic carbocycles. The number of benzene rings is 3. The minimum absolute atomic E-state index is 0. The van der Waals surface area contributed by atoms with Crippen molar-refractivity contribution in [3.63, 3.8) is 0 Å². The van der Waals surface area contributed by atoms with Crippen molar-refractivity contribution in [1.82, 2.24) is 0 Å². The maximum Gasteiger partial charge on any atom is 0.423 e. The number of carbonyl (C=O) groups is 3. The minimum Gasteiger partial charge on any atom is -0.481 e. The number of carboxylic acid groups (broad SMARTS) is 3. The number of rotatable bonds is 8. The highest BCUT2D eigenvalue weighted by Gasteiger charge is 2.40. The Bertz CT molecular complexity index is 1670. The molecule has 0 amide bonds. The van der Waals surface area contributed by atoms with Gasteiger partial charge in [-0.25, -0.2) is 0 Å². The predicted octanol–water partition coefficient (Wildman–Crippen LogP) is 7.45. The summed E-state index contributed by atoms with van der Waals surface area (Å²) in [6, 6.07) is 8.53. The van der Waals surface area contributed by atoms with E-state index in [1.54, 1.807) is 0 Å². The summed E-state index contributed by atoms with van der Waals surface area (Å²) in [5.74, 6) is -3.95. The number of hydrogen-bond acceptors (Lipinski definition) is 7. The Morgan fingerprint density at radius 3 is 1.49 bits per heavy atom. The van der Waals surface area contributed by atoms with Crippen molar-refractivity contribution in [2.24, 2.45) is 0 Å². The molecule has 0 radical (unpaired) electrons. The van der Waals surface area contributed by atoms with Gasteiger partial charge in [-0.15, -0.1) is 0 Å². The average molecular weight is 718 g/mol. The molecule has 0 aliphatic heterocycles. The first-order valence-electron chi connectivity index (χ1n) is 12.3. The van der Waals surface area contributed by atoms with Crippen LogP contribution in [0.3, 0.4) is 0 Å². The summed E-state index contributed by atoms with van der Waals surface area (Å²) in [6.45, 7) is 0. The van der Waals surface area contributed by atoms with E-state index >= 15 is 0 Å². The van der Waals surface area contributed by atoms with E-state index in [9.17, 15) is 74.1 Å². The molecule has 12 nitrogen and oxygen atoms in total. The Labute approximate surface area is 268 Å². The quantitative estimate of drug-likeness (QED) is 0.119. The molecule has 0 spiro atoms. The number of nitro groups is 2. The Morgan fingerprint density at radius 1 is 0.592 bits per heavy atom. The van der Waals surface area contributed by atoms with E-state index in [1.807, 2.05) is 0 Å². The van der Waals surface area contributed by atoms with Gasteiger partial charge in [0.05, 0.1) is 40.2 Å². The molecular formula is C28H23F9N2O10. The van der Waals surface area contributed by atoms with E-state index in [0.29, 0.717) is 18.2 Å². The third-order valence-electron chi connectivity index (χ3n) is 5.43. The van der Waals surface area contributed by atoms with E-state index in [1.165, 1.54) is 12.1 Å². The maximum absolute atomic E-state index is 12.5. The highest BCUT2D eigenvalue weighted by molar-refractivity contribution is 5.73. The first kappa shape index (κ1) is 43.2. The molecule has 0 aliphatic carbocycles. The molecule has 0 saturated heterocycles. The molecule has 0 heterocycles. The molecule has 0 unspecified atom stereocenters. The maximum atomic E-state index is 12.5. The number of carboxylic acids is 3. The molecule has 21 heteroatoms. The first-order chi connectivity index (χ1) is 21.8. The lowest BCUT2D eigenvalue weighted by Crippen LogP contribution is -2.12. The fraction of sp³-hybridized carbons (Fsp3) is 0.250. The second-order valence-corrected chi connectivity index (χ2v) is 9.12. The van der Waals surface area contributed by atoms with E-state index in [0.717, 1.165) is 30.3 Å². The molecule has 0 aliphatic rings. The third kappa shape index (κ3) is 14.7. The zero-order chi connectivity index (χ0) is 37.2. The summed E-state index contributed by atoms with van der Waals surface area (Å²) in [5.41, 5.74) is -6.08. The van der Waals surface area contributed by atoms with Gasteiger partial charge in [-0.1, -0.05) is 37.8 Å². The van der Waals surface area contributed by atoms with Crippen LogP contribution in [0.2, 0.25) is 0 Å². The number of aliphatic carboxylic acids is 3. The summed E-state index contributed by atoms with van der Waals surface area (Å²) < 4.78 is 111. The molecule has 0 bridgehead atoms. The standard InChI is InChI=1S/2C9H6F3NO4.C9H7F3O2.CH4/c10-9(11,12)6-1-5(3-8(14)15)2-7(4-6)13(16)17;10-9(11,12)6-3-1-2-5(4-7(14)15)8(6)13(16)17;10-9(11,12)7-3-1-2-6(4-7)5-8(13)14;/h1-2,4H,3H2,(H,14,15);1-3H,4H2,(H,14,15);1-4H,5H2,(H,13,14);1H4. The Kier molecular flexibility index (Phi) is 15.4. The molecule has 0 fully saturated rings. The summed E-state index contributed by atoms with van der Waals surface area (Å²) in [5, 5.41) is 46.3. The van der Waals surface area contributed by atoms with E-state index in [2.05, 4.69) is 0 Å². The SMILES string of the molecule is C.O=C(O)Cc1cc([N+](=O)[O-])cc(C(F)(F)F)c1.O=C(O)Cc1cccc(C(F)(F)F)c1.O=C(O)Cc1cccc(C(F)(F)F)c1[N+](=O)[O-]. The fourth-order valence-electron chi connectivity index (χ4n) is 3.59. The number of alkyl halides is 9. The minimum atomic E-state index is -4.89. The number of hydrogen-bond donors (Lipinski definition) is 3. The Hall–Kier alpha value is -5.76. The van der Waals surface area contributed by atoms with Crippen LogP contribution < -0.4 is 0 Å². The van der Waals surface area contributed by atoms with Gasteiger partial charge in [-0.2, -0.15) is 39.5 Å². The smallest absolute Gasteiger partial charge is 0.423 e. The van der Waals surface area contributed by atoms with Crippen LogP contribution in [0.5, 0.6) is 0 Å². The first-order valence-corrected chi connectivity index (χ1v) is 12.3. The van der Waals surface area contributed by atoms with Crippen molar-refractivity contribution in [3.8, 4) is 0 Å². The van der Waals surface area contributed by atoms with Crippen molar-refractivity contribution >= 4 is 29.3 Å². The number of nitrogens with zero attached hydrogens (tertiary/aromatic N) is 2. The van der Waals surface area contributed by atoms with Crippen LogP contribution >= 0.6 is 0 Å². The van der Waals surface area contributed by atoms with Gasteiger partial charge in [0, 0.05) is 17.7 Å². The van der Waals surface area contributed by atoms with Gasteiger partial charge in [0.1, 0.15) is 5.56 Å². The topological polar surface area (TPSA) is 198 Å². The van der Waals surface area contributed by atoms with Crippen LogP contribution in [-0.2, 0) is 52.2 Å². The lowest BCUT2D eigenvalue weighted by atomic mass is 10.0. The van der Waals surface area contributed by atoms with Crippen LogP contribution in [0.15, 0.2) is 60.7 Å². The van der Waals surface area contributed by atoms with Crippen molar-refractivity contribution in [2.75, 3.05) is 0 Å². The van der Waals surface area contributed by atoms with Gasteiger partial charge in [-0.05, 0) is 29.3 Å². The molecule has 0 saturated carbocycles. The van der Waals surface area contributed by atoms with Gasteiger partial charge in [0.25, 0.3) is 11.4 Å². The van der Waals surface area contributed by atoms with Crippen LogP contribution in [0.1, 0.15) is 40.8 Å². The van der Waals surface area contributed by atoms with Gasteiger partial charge in [-0.3, -0.25) is 34.6 Å². The van der Waals surface area contributed by atoms with Gasteiger partial charge in [0.2, 0.25) is 0 Å². The van der Waals surface area contributed by atoms with E-state index in [-0.39, 0.29) is 18.6 Å². The number of halogens is 9. The molecule has 0 aromatic heterocycles. The second kappa shape index (κ2) is 17.4. The normalized spacial score (nSPS) is 11.0. The molecule has 49 heavy (non-hydrogen) atoms. The van der Waals surface area contributed by atoms with E-state index < -0.39 is 99.2 Å². The number of para-hydroxylation sites is 1. The van der Waals surface area contributed by atoms with Crippen molar-refractivity contribution in [3.05, 3.63) is 114 Å². The van der Waals surface area contributed by atoms with Gasteiger partial charge < -0.3 is 15.3 Å². The fourth-order valence-corrected chi connectivity index (χ4v) is 3.59. The highest BCUT2D eigenvalue weighted by atomic mass is 19.4. The predicted molar refractivity (Wildman–Crippen MR) is 148 cm³/mol. The molecule has 3 aromatic rings. The summed E-state index contributed by atoms with van der Waals surface area (Å²) >= 11 is 0. The van der Waals surface area contributed by atoms with Crippen molar-refractivity contribution in [2.45, 2.75) is 45.2 Å². The summed E-state index contributed by atoms with van der Waals surface area (Å²) in [6.07, 6.45) is -16.0. The highest BCUT2D eigenvalue weighted by Crippen LogP contribution is 2.38. The second-order valence-electron chi connectivity index (χ2n) is 9.12. The third-order valence-corrected chi connectivity index (χ3v) is 5.43. The van der Waals surface area contributed by atoms with Crippen LogP contribution in [-0.4, -0.2) is 43.1 Å². The van der Waals surface area contributed by atoms with Crippen molar-refractivity contribution < 1.29 is 79.1 Å². The van der Waals surface area contributed by atoms with Crippen LogP contribution in [0, 0.1) is 20.2 Å². The monoisotopic (exact) mass is 718 g/mol. The Balaban J connectivity index is 0.000000702. The largest absolute Gasteiger partial charge is 0.481 e. The number of nitro benzene ring substituents is 2. The molecule has 268 valence electrons. The lowest BCUT2D eigenvalue weighted by Gasteiger charge is -2.09. The molecule has 3 rings (SSSR count). The average Bonchev–Trinajstić information content (AvgIpc) is 2.91. The van der Waals surface area contributed by atoms with Crippen LogP contribution in [0.4, 0.5) is 50.9 Å². The zero-order valence-corrected chi connectivity index (χ0v) is 23.4. The zero-order valence-electron chi connectivity index (χ0n) is 23.4.